The molecule has 1 amide bonds. The number of benzene rings is 1. The molecule has 1 aromatic carbocycles. The highest BCUT2D eigenvalue weighted by atomic mass is 32.2. The van der Waals surface area contributed by atoms with Crippen molar-refractivity contribution in [3.8, 4) is 0 Å². The second-order valence-electron chi connectivity index (χ2n) is 7.16. The quantitative estimate of drug-likeness (QED) is 0.818. The summed E-state index contributed by atoms with van der Waals surface area (Å²) in [6, 6.07) is 6.75. The zero-order valence-corrected chi connectivity index (χ0v) is 15.7. The molecule has 0 radical (unpaired) electrons. The van der Waals surface area contributed by atoms with Gasteiger partial charge < -0.3 is 4.90 Å². The topological polar surface area (TPSA) is 66.5 Å². The lowest BCUT2D eigenvalue weighted by molar-refractivity contribution is -0.130. The Labute approximate surface area is 150 Å². The maximum Gasteiger partial charge on any atom is 0.240 e. The first-order chi connectivity index (χ1) is 11.9. The lowest BCUT2D eigenvalue weighted by Crippen LogP contribution is -2.29. The number of amides is 1. The van der Waals surface area contributed by atoms with Crippen molar-refractivity contribution < 1.29 is 13.2 Å². The predicted octanol–water partition coefficient (Wildman–Crippen LogP) is 2.34. The highest BCUT2D eigenvalue weighted by Gasteiger charge is 2.35. The number of fused-ring (bicyclic) bond motifs is 1. The number of likely N-dealkylation sites (tertiary alicyclic amines) is 1. The second kappa shape index (κ2) is 7.30. The maximum atomic E-state index is 12.5. The molecular formula is C19H26N2O3S. The molecule has 1 saturated heterocycles. The average molecular weight is 362 g/mol. The zero-order chi connectivity index (χ0) is 18.0. The summed E-state index contributed by atoms with van der Waals surface area (Å²) >= 11 is 0. The molecule has 1 N–H and O–H groups in total. The summed E-state index contributed by atoms with van der Waals surface area (Å²) in [6.45, 7) is 3.94. The van der Waals surface area contributed by atoms with Crippen molar-refractivity contribution in [1.82, 2.24) is 9.62 Å². The Morgan fingerprint density at radius 3 is 2.56 bits per heavy atom. The molecule has 6 heteroatoms. The van der Waals surface area contributed by atoms with Crippen molar-refractivity contribution in [3.63, 3.8) is 0 Å². The number of allylic oxidation sites excluding steroid dienone is 2. The van der Waals surface area contributed by atoms with Gasteiger partial charge >= 0.3 is 0 Å². The summed E-state index contributed by atoms with van der Waals surface area (Å²) in [5, 5.41) is 0. The zero-order valence-electron chi connectivity index (χ0n) is 14.9. The molecular weight excluding hydrogens is 336 g/mol. The fourth-order valence-electron chi connectivity index (χ4n) is 3.85. The van der Waals surface area contributed by atoms with Crippen LogP contribution >= 0.6 is 0 Å². The Morgan fingerprint density at radius 1 is 1.20 bits per heavy atom. The Morgan fingerprint density at radius 2 is 1.88 bits per heavy atom. The van der Waals surface area contributed by atoms with Crippen molar-refractivity contribution >= 4 is 15.9 Å². The van der Waals surface area contributed by atoms with E-state index in [9.17, 15) is 13.2 Å². The minimum absolute atomic E-state index is 0.207. The van der Waals surface area contributed by atoms with Crippen molar-refractivity contribution in [3.05, 3.63) is 41.5 Å². The van der Waals surface area contributed by atoms with E-state index in [0.717, 1.165) is 31.5 Å². The summed E-state index contributed by atoms with van der Waals surface area (Å²) in [5.41, 5.74) is 2.43. The van der Waals surface area contributed by atoms with Crippen LogP contribution in [-0.2, 0) is 21.2 Å². The standard InChI is InChI=1S/C19H26N2O3S/c1-14-3-7-16-12-21(13-17(16)11-14)19(22)10-6-15-4-8-18(9-5-15)25(23,24)20-2/h3-5,8-9,16-17,20H,6-7,10-13H2,1-2H3. The van der Waals surface area contributed by atoms with E-state index in [4.69, 9.17) is 0 Å². The lowest BCUT2D eigenvalue weighted by Gasteiger charge is -2.21. The van der Waals surface area contributed by atoms with E-state index in [1.807, 2.05) is 4.90 Å². The second-order valence-corrected chi connectivity index (χ2v) is 9.05. The number of carbonyl (C=O) groups excluding carboxylic acids is 1. The van der Waals surface area contributed by atoms with Gasteiger partial charge in [0.15, 0.2) is 0 Å². The normalized spacial score (nSPS) is 23.3. The molecule has 136 valence electrons. The largest absolute Gasteiger partial charge is 0.342 e. The highest BCUT2D eigenvalue weighted by Crippen LogP contribution is 2.35. The van der Waals surface area contributed by atoms with Gasteiger partial charge in [-0.05, 0) is 62.8 Å². The number of rotatable bonds is 5. The first-order valence-corrected chi connectivity index (χ1v) is 10.3. The van der Waals surface area contributed by atoms with Crippen LogP contribution in [0.4, 0.5) is 0 Å². The number of nitrogens with one attached hydrogen (secondary N) is 1. The first kappa shape index (κ1) is 18.1. The van der Waals surface area contributed by atoms with Gasteiger partial charge in [-0.15, -0.1) is 0 Å². The molecule has 1 aliphatic heterocycles. The van der Waals surface area contributed by atoms with Gasteiger partial charge in [0, 0.05) is 19.5 Å². The average Bonchev–Trinajstić information content (AvgIpc) is 3.03. The van der Waals surface area contributed by atoms with E-state index in [2.05, 4.69) is 17.7 Å². The molecule has 1 aromatic rings. The summed E-state index contributed by atoms with van der Waals surface area (Å²) in [6.07, 6.45) is 5.65. The molecule has 0 aromatic heterocycles. The third kappa shape index (κ3) is 4.12. The van der Waals surface area contributed by atoms with Gasteiger partial charge in [-0.1, -0.05) is 23.8 Å². The van der Waals surface area contributed by atoms with E-state index >= 15 is 0 Å². The predicted molar refractivity (Wildman–Crippen MR) is 97.6 cm³/mol. The van der Waals surface area contributed by atoms with Crippen LogP contribution in [-0.4, -0.2) is 39.4 Å². The highest BCUT2D eigenvalue weighted by molar-refractivity contribution is 7.89. The molecule has 2 atom stereocenters. The molecule has 0 bridgehead atoms. The van der Waals surface area contributed by atoms with Crippen LogP contribution in [0.2, 0.25) is 0 Å². The van der Waals surface area contributed by atoms with Gasteiger partial charge in [-0.25, -0.2) is 13.1 Å². The van der Waals surface area contributed by atoms with Crippen LogP contribution in [0, 0.1) is 11.8 Å². The first-order valence-electron chi connectivity index (χ1n) is 8.85. The van der Waals surface area contributed by atoms with Crippen LogP contribution in [0.1, 0.15) is 31.7 Å². The lowest BCUT2D eigenvalue weighted by atomic mass is 9.83. The van der Waals surface area contributed by atoms with Crippen LogP contribution in [0.25, 0.3) is 0 Å². The van der Waals surface area contributed by atoms with Gasteiger partial charge in [0.2, 0.25) is 15.9 Å². The fraction of sp³-hybridized carbons (Fsp3) is 0.526. The van der Waals surface area contributed by atoms with Crippen LogP contribution in [0.5, 0.6) is 0 Å². The van der Waals surface area contributed by atoms with E-state index in [0.29, 0.717) is 24.7 Å². The molecule has 1 aliphatic carbocycles. The molecule has 1 heterocycles. The molecule has 2 aliphatic rings. The minimum Gasteiger partial charge on any atom is -0.342 e. The monoisotopic (exact) mass is 362 g/mol. The van der Waals surface area contributed by atoms with Gasteiger partial charge in [0.1, 0.15) is 0 Å². The number of hydrogen-bond donors (Lipinski definition) is 1. The fourth-order valence-corrected chi connectivity index (χ4v) is 4.58. The number of aryl methyl sites for hydroxylation is 1. The molecule has 5 nitrogen and oxygen atoms in total. The third-order valence-corrected chi connectivity index (χ3v) is 6.84. The summed E-state index contributed by atoms with van der Waals surface area (Å²) in [5.74, 6) is 1.46. The van der Waals surface area contributed by atoms with Gasteiger partial charge in [0.25, 0.3) is 0 Å². The maximum absolute atomic E-state index is 12.5. The van der Waals surface area contributed by atoms with Crippen molar-refractivity contribution in [1.29, 1.82) is 0 Å². The Balaban J connectivity index is 1.53. The van der Waals surface area contributed by atoms with E-state index < -0.39 is 10.0 Å². The van der Waals surface area contributed by atoms with Crippen molar-refractivity contribution in [2.45, 2.75) is 37.5 Å². The number of carbonyl (C=O) groups is 1. The molecule has 2 unspecified atom stereocenters. The smallest absolute Gasteiger partial charge is 0.240 e. The van der Waals surface area contributed by atoms with Gasteiger partial charge in [0.05, 0.1) is 4.90 Å². The molecule has 0 saturated carbocycles. The molecule has 0 spiro atoms. The number of nitrogens with zero attached hydrogens (tertiary/aromatic N) is 1. The SMILES string of the molecule is CNS(=O)(=O)c1ccc(CCC(=O)N2CC3CC=C(C)CC3C2)cc1. The summed E-state index contributed by atoms with van der Waals surface area (Å²) < 4.78 is 25.7. The van der Waals surface area contributed by atoms with Crippen LogP contribution < -0.4 is 4.72 Å². The number of hydrogen-bond acceptors (Lipinski definition) is 3. The van der Waals surface area contributed by atoms with Crippen LogP contribution in [0.3, 0.4) is 0 Å². The third-order valence-electron chi connectivity index (χ3n) is 5.41. The van der Waals surface area contributed by atoms with Crippen molar-refractivity contribution in [2.24, 2.45) is 11.8 Å². The molecule has 25 heavy (non-hydrogen) atoms. The van der Waals surface area contributed by atoms with Crippen LogP contribution in [0.15, 0.2) is 40.8 Å². The van der Waals surface area contributed by atoms with Gasteiger partial charge in [-0.2, -0.15) is 0 Å². The summed E-state index contributed by atoms with van der Waals surface area (Å²) in [7, 11) is -2.01. The minimum atomic E-state index is -3.41. The molecule has 1 fully saturated rings. The van der Waals surface area contributed by atoms with E-state index in [1.54, 1.807) is 24.3 Å². The number of sulfonamides is 1. The van der Waals surface area contributed by atoms with Crippen molar-refractivity contribution in [2.75, 3.05) is 20.1 Å². The van der Waals surface area contributed by atoms with E-state index in [-0.39, 0.29) is 10.8 Å². The Kier molecular flexibility index (Phi) is 5.29. The Hall–Kier alpha value is -1.66. The van der Waals surface area contributed by atoms with E-state index in [1.165, 1.54) is 12.6 Å². The summed E-state index contributed by atoms with van der Waals surface area (Å²) in [4.78, 5) is 14.8. The molecule has 3 rings (SSSR count). The van der Waals surface area contributed by atoms with Gasteiger partial charge in [-0.3, -0.25) is 4.79 Å². The Bertz CT molecular complexity index is 768.